The summed E-state index contributed by atoms with van der Waals surface area (Å²) in [5, 5.41) is 4.02. The van der Waals surface area contributed by atoms with Gasteiger partial charge in [-0.15, -0.1) is 0 Å². The van der Waals surface area contributed by atoms with Crippen LogP contribution in [0.25, 0.3) is 10.9 Å². The zero-order valence-corrected chi connectivity index (χ0v) is 17.2. The van der Waals surface area contributed by atoms with Crippen LogP contribution in [-0.2, 0) is 6.54 Å². The maximum atomic E-state index is 12.9. The average molecular weight is 389 g/mol. The maximum absolute atomic E-state index is 12.9. The monoisotopic (exact) mass is 389 g/mol. The lowest BCUT2D eigenvalue weighted by Crippen LogP contribution is -2.41. The molecule has 5 heteroatoms. The molecule has 4 rings (SSSR count). The summed E-state index contributed by atoms with van der Waals surface area (Å²) in [5.74, 6) is 0.421. The van der Waals surface area contributed by atoms with Gasteiger partial charge in [0.25, 0.3) is 5.56 Å². The van der Waals surface area contributed by atoms with E-state index in [1.807, 2.05) is 55.5 Å². The summed E-state index contributed by atoms with van der Waals surface area (Å²) in [6, 6.07) is 15.9. The summed E-state index contributed by atoms with van der Waals surface area (Å²) < 4.78 is 0. The number of anilines is 1. The molecule has 2 amide bonds. The number of aryl methyl sites for hydroxylation is 1. The highest BCUT2D eigenvalue weighted by molar-refractivity contribution is 5.92. The van der Waals surface area contributed by atoms with Crippen LogP contribution in [0.1, 0.15) is 49.3 Å². The van der Waals surface area contributed by atoms with Crippen molar-refractivity contribution in [2.75, 3.05) is 4.90 Å². The number of hydrogen-bond donors (Lipinski definition) is 2. The van der Waals surface area contributed by atoms with Crippen LogP contribution in [-0.4, -0.2) is 17.1 Å². The first kappa shape index (κ1) is 19.2. The number of carbonyl (C=O) groups is 1. The van der Waals surface area contributed by atoms with Gasteiger partial charge in [0.1, 0.15) is 0 Å². The summed E-state index contributed by atoms with van der Waals surface area (Å²) in [7, 11) is 0. The van der Waals surface area contributed by atoms with Gasteiger partial charge in [-0.25, -0.2) is 4.79 Å². The average Bonchev–Trinajstić information content (AvgIpc) is 3.50. The number of amides is 2. The third-order valence-electron chi connectivity index (χ3n) is 5.43. The van der Waals surface area contributed by atoms with E-state index in [0.29, 0.717) is 11.5 Å². The highest BCUT2D eigenvalue weighted by atomic mass is 16.2. The van der Waals surface area contributed by atoms with Gasteiger partial charge in [-0.05, 0) is 67.0 Å². The summed E-state index contributed by atoms with van der Waals surface area (Å²) >= 11 is 0. The molecule has 3 aromatic rings. The van der Waals surface area contributed by atoms with Gasteiger partial charge in [-0.2, -0.15) is 0 Å². The molecule has 0 saturated heterocycles. The van der Waals surface area contributed by atoms with Crippen LogP contribution in [0.2, 0.25) is 0 Å². The van der Waals surface area contributed by atoms with E-state index >= 15 is 0 Å². The van der Waals surface area contributed by atoms with Crippen molar-refractivity contribution in [2.24, 2.45) is 0 Å². The fraction of sp³-hybridized carbons (Fsp3) is 0.333. The molecule has 0 radical (unpaired) electrons. The maximum Gasteiger partial charge on any atom is 0.322 e. The molecule has 1 heterocycles. The molecule has 1 aliphatic rings. The Morgan fingerprint density at radius 2 is 1.86 bits per heavy atom. The van der Waals surface area contributed by atoms with Crippen LogP contribution < -0.4 is 15.8 Å². The summed E-state index contributed by atoms with van der Waals surface area (Å²) in [4.78, 5) is 30.2. The van der Waals surface area contributed by atoms with Crippen LogP contribution in [0.4, 0.5) is 10.5 Å². The molecule has 2 aromatic carbocycles. The van der Waals surface area contributed by atoms with E-state index in [-0.39, 0.29) is 24.2 Å². The fourth-order valence-electron chi connectivity index (χ4n) is 3.46. The Kier molecular flexibility index (Phi) is 5.14. The van der Waals surface area contributed by atoms with Crippen molar-refractivity contribution in [2.45, 2.75) is 52.1 Å². The molecule has 1 aliphatic carbocycles. The van der Waals surface area contributed by atoms with Gasteiger partial charge in [0, 0.05) is 22.8 Å². The van der Waals surface area contributed by atoms with Crippen molar-refractivity contribution < 1.29 is 4.79 Å². The van der Waals surface area contributed by atoms with Crippen LogP contribution in [0.5, 0.6) is 0 Å². The number of carbonyl (C=O) groups excluding carboxylic acids is 1. The van der Waals surface area contributed by atoms with Gasteiger partial charge in [0.2, 0.25) is 0 Å². The number of H-pyrrole nitrogens is 1. The highest BCUT2D eigenvalue weighted by Crippen LogP contribution is 2.24. The van der Waals surface area contributed by atoms with E-state index in [4.69, 9.17) is 0 Å². The van der Waals surface area contributed by atoms with E-state index < -0.39 is 0 Å². The molecule has 5 nitrogen and oxygen atoms in total. The smallest absolute Gasteiger partial charge is 0.322 e. The number of aromatic amines is 1. The zero-order valence-electron chi connectivity index (χ0n) is 17.2. The minimum atomic E-state index is -0.163. The Bertz CT molecular complexity index is 1100. The largest absolute Gasteiger partial charge is 0.335 e. The lowest BCUT2D eigenvalue weighted by molar-refractivity contribution is 0.245. The van der Waals surface area contributed by atoms with Crippen LogP contribution in [0, 0.1) is 6.92 Å². The Balaban J connectivity index is 1.69. The van der Waals surface area contributed by atoms with Crippen molar-refractivity contribution in [3.05, 3.63) is 75.6 Å². The third-order valence-corrected chi connectivity index (χ3v) is 5.43. The Morgan fingerprint density at radius 1 is 1.14 bits per heavy atom. The van der Waals surface area contributed by atoms with E-state index in [2.05, 4.69) is 24.1 Å². The van der Waals surface area contributed by atoms with E-state index in [1.54, 1.807) is 4.90 Å². The van der Waals surface area contributed by atoms with Gasteiger partial charge in [0.05, 0.1) is 6.54 Å². The molecule has 1 saturated carbocycles. The zero-order chi connectivity index (χ0) is 20.5. The Hall–Kier alpha value is -3.08. The summed E-state index contributed by atoms with van der Waals surface area (Å²) in [5.41, 5.74) is 4.35. The SMILES string of the molecule is Cc1ccc2[nH]c(=O)c(CN(C(=O)NC3CC3)c3ccc(C(C)C)cc3)cc2c1. The van der Waals surface area contributed by atoms with Crippen molar-refractivity contribution in [3.63, 3.8) is 0 Å². The van der Waals surface area contributed by atoms with Gasteiger partial charge in [-0.3, -0.25) is 9.69 Å². The number of pyridine rings is 1. The van der Waals surface area contributed by atoms with Gasteiger partial charge >= 0.3 is 6.03 Å². The molecule has 1 fully saturated rings. The number of aromatic nitrogens is 1. The first-order chi connectivity index (χ1) is 13.9. The molecule has 29 heavy (non-hydrogen) atoms. The number of fused-ring (bicyclic) bond motifs is 1. The predicted octanol–water partition coefficient (Wildman–Crippen LogP) is 4.84. The van der Waals surface area contributed by atoms with Crippen LogP contribution in [0.3, 0.4) is 0 Å². The second-order valence-corrected chi connectivity index (χ2v) is 8.27. The Morgan fingerprint density at radius 3 is 2.52 bits per heavy atom. The van der Waals surface area contributed by atoms with E-state index in [9.17, 15) is 9.59 Å². The lowest BCUT2D eigenvalue weighted by Gasteiger charge is -2.24. The van der Waals surface area contributed by atoms with E-state index in [0.717, 1.165) is 35.0 Å². The lowest BCUT2D eigenvalue weighted by atomic mass is 10.0. The molecule has 150 valence electrons. The molecule has 0 spiro atoms. The summed E-state index contributed by atoms with van der Waals surface area (Å²) in [6.07, 6.45) is 2.03. The highest BCUT2D eigenvalue weighted by Gasteiger charge is 2.27. The van der Waals surface area contributed by atoms with E-state index in [1.165, 1.54) is 5.56 Å². The second kappa shape index (κ2) is 7.74. The second-order valence-electron chi connectivity index (χ2n) is 8.27. The third kappa shape index (κ3) is 4.34. The number of urea groups is 1. The molecule has 0 atom stereocenters. The molecule has 0 unspecified atom stereocenters. The minimum absolute atomic E-state index is 0.159. The molecule has 0 bridgehead atoms. The first-order valence-electron chi connectivity index (χ1n) is 10.2. The Labute approximate surface area is 170 Å². The van der Waals surface area contributed by atoms with Crippen molar-refractivity contribution >= 4 is 22.6 Å². The number of nitrogens with zero attached hydrogens (tertiary/aromatic N) is 1. The molecular formula is C24H27N3O2. The standard InChI is InChI=1S/C24H27N3O2/c1-15(2)17-5-9-21(10-6-17)27(24(29)25-20-7-8-20)14-19-13-18-12-16(3)4-11-22(18)26-23(19)28/h4-6,9-13,15,20H,7-8,14H2,1-3H3,(H,25,29)(H,26,28). The molecule has 0 aliphatic heterocycles. The van der Waals surface area contributed by atoms with Crippen LogP contribution in [0.15, 0.2) is 53.3 Å². The van der Waals surface area contributed by atoms with Crippen LogP contribution >= 0.6 is 0 Å². The topological polar surface area (TPSA) is 65.2 Å². The number of rotatable bonds is 5. The molecular weight excluding hydrogens is 362 g/mol. The minimum Gasteiger partial charge on any atom is -0.335 e. The number of benzene rings is 2. The molecule has 1 aromatic heterocycles. The summed E-state index contributed by atoms with van der Waals surface area (Å²) in [6.45, 7) is 6.53. The van der Waals surface area contributed by atoms with Crippen molar-refractivity contribution in [3.8, 4) is 0 Å². The molecule has 2 N–H and O–H groups in total. The van der Waals surface area contributed by atoms with Gasteiger partial charge in [0.15, 0.2) is 0 Å². The quantitative estimate of drug-likeness (QED) is 0.656. The number of nitrogens with one attached hydrogen (secondary N) is 2. The number of hydrogen-bond acceptors (Lipinski definition) is 2. The van der Waals surface area contributed by atoms with Gasteiger partial charge < -0.3 is 10.3 Å². The normalized spacial score (nSPS) is 13.7. The first-order valence-corrected chi connectivity index (χ1v) is 10.2. The van der Waals surface area contributed by atoms with Gasteiger partial charge in [-0.1, -0.05) is 37.6 Å². The van der Waals surface area contributed by atoms with Crippen molar-refractivity contribution in [1.82, 2.24) is 10.3 Å². The van der Waals surface area contributed by atoms with Crippen molar-refractivity contribution in [1.29, 1.82) is 0 Å². The predicted molar refractivity (Wildman–Crippen MR) is 118 cm³/mol. The fourth-order valence-corrected chi connectivity index (χ4v) is 3.46.